The topological polar surface area (TPSA) is 107 Å². The van der Waals surface area contributed by atoms with Crippen LogP contribution < -0.4 is 4.74 Å². The Hall–Kier alpha value is -2.88. The summed E-state index contributed by atoms with van der Waals surface area (Å²) in [6.45, 7) is 2.49. The number of nitriles is 1. The lowest BCUT2D eigenvalue weighted by Gasteiger charge is -2.51. The van der Waals surface area contributed by atoms with E-state index in [9.17, 15) is 15.5 Å². The number of phenolic OH excluding ortho intramolecular Hbond substituents is 1. The Morgan fingerprint density at radius 3 is 2.82 bits per heavy atom. The average molecular weight is 447 g/mol. The van der Waals surface area contributed by atoms with Gasteiger partial charge in [-0.15, -0.1) is 0 Å². The van der Waals surface area contributed by atoms with Crippen LogP contribution in [0.1, 0.15) is 66.9 Å². The second-order valence-electron chi connectivity index (χ2n) is 10.0. The first-order valence-electron chi connectivity index (χ1n) is 11.6. The maximum atomic E-state index is 10.8. The molecule has 0 spiro atoms. The zero-order valence-corrected chi connectivity index (χ0v) is 19.0. The van der Waals surface area contributed by atoms with Crippen LogP contribution in [0.5, 0.6) is 11.5 Å². The second kappa shape index (κ2) is 8.16. The fraction of sp³-hybridized carbons (Fsp3) is 0.481. The first kappa shape index (κ1) is 21.9. The SMILES string of the molecule is COc1cc2c(cc1O)C(OCc1cccc(C#N)c1)C[C@@H]1[C@@H]2CC[C@]2(C)C(O)CC(=N)[C@@H]12. The standard InChI is InChI=1S/C27H30N2O4/c1-27-7-6-17-18-10-24(32-2)22(30)9-19(18)23(11-20(17)26(27)21(29)12-25(27)31)33-14-16-5-3-4-15(8-16)13-28/h3-5,8-10,17,20,23,25-26,29-31H,6-7,11-12,14H2,1-2H3/t17-,20-,23?,25?,26-,27-/m1/s1. The van der Waals surface area contributed by atoms with Gasteiger partial charge in [0.25, 0.3) is 0 Å². The van der Waals surface area contributed by atoms with Crippen LogP contribution in [-0.4, -0.2) is 29.1 Å². The molecular weight excluding hydrogens is 416 g/mol. The number of aliphatic hydroxyl groups is 1. The third kappa shape index (κ3) is 3.51. The van der Waals surface area contributed by atoms with Crippen molar-refractivity contribution in [2.75, 3.05) is 7.11 Å². The highest BCUT2D eigenvalue weighted by Crippen LogP contribution is 2.62. The van der Waals surface area contributed by atoms with Crippen molar-refractivity contribution in [2.45, 2.75) is 57.3 Å². The molecule has 3 aliphatic carbocycles. The summed E-state index contributed by atoms with van der Waals surface area (Å²) in [5.74, 6) is 0.988. The molecule has 33 heavy (non-hydrogen) atoms. The minimum Gasteiger partial charge on any atom is -0.504 e. The van der Waals surface area contributed by atoms with E-state index in [2.05, 4.69) is 13.0 Å². The molecule has 0 saturated heterocycles. The number of rotatable bonds is 4. The summed E-state index contributed by atoms with van der Waals surface area (Å²) < 4.78 is 11.8. The molecule has 0 radical (unpaired) electrons. The first-order valence-corrected chi connectivity index (χ1v) is 11.6. The summed E-state index contributed by atoms with van der Waals surface area (Å²) in [5.41, 5.74) is 3.98. The van der Waals surface area contributed by atoms with Crippen LogP contribution in [0.2, 0.25) is 0 Å². The van der Waals surface area contributed by atoms with Crippen LogP contribution in [0, 0.1) is 34.0 Å². The van der Waals surface area contributed by atoms with E-state index in [1.807, 2.05) is 24.3 Å². The monoisotopic (exact) mass is 446 g/mol. The lowest BCUT2D eigenvalue weighted by Crippen LogP contribution is -2.46. The van der Waals surface area contributed by atoms with Crippen LogP contribution in [-0.2, 0) is 11.3 Å². The van der Waals surface area contributed by atoms with Gasteiger partial charge in [-0.3, -0.25) is 0 Å². The minimum absolute atomic E-state index is 0.0206. The highest BCUT2D eigenvalue weighted by Gasteiger charge is 2.58. The van der Waals surface area contributed by atoms with Gasteiger partial charge in [0.2, 0.25) is 0 Å². The number of nitrogens with zero attached hydrogens (tertiary/aromatic N) is 1. The van der Waals surface area contributed by atoms with Gasteiger partial charge in [0, 0.05) is 23.5 Å². The predicted octanol–water partition coefficient (Wildman–Crippen LogP) is 4.83. The van der Waals surface area contributed by atoms with Gasteiger partial charge in [-0.2, -0.15) is 5.26 Å². The molecule has 2 unspecified atom stereocenters. The second-order valence-corrected chi connectivity index (χ2v) is 10.0. The molecule has 172 valence electrons. The van der Waals surface area contributed by atoms with Gasteiger partial charge in [0.05, 0.1) is 37.6 Å². The molecule has 2 aromatic rings. The Bertz CT molecular complexity index is 1140. The van der Waals surface area contributed by atoms with Gasteiger partial charge in [0.1, 0.15) is 0 Å². The lowest BCUT2D eigenvalue weighted by molar-refractivity contribution is -0.0462. The summed E-state index contributed by atoms with van der Waals surface area (Å²) in [6, 6.07) is 13.3. The Morgan fingerprint density at radius 2 is 2.06 bits per heavy atom. The van der Waals surface area contributed by atoms with Gasteiger partial charge in [-0.25, -0.2) is 0 Å². The van der Waals surface area contributed by atoms with Gasteiger partial charge in [0.15, 0.2) is 11.5 Å². The molecule has 0 aromatic heterocycles. The smallest absolute Gasteiger partial charge is 0.160 e. The maximum absolute atomic E-state index is 10.8. The lowest BCUT2D eigenvalue weighted by atomic mass is 9.54. The van der Waals surface area contributed by atoms with E-state index in [1.165, 1.54) is 0 Å². The van der Waals surface area contributed by atoms with Crippen LogP contribution in [0.4, 0.5) is 0 Å². The van der Waals surface area contributed by atoms with Crippen molar-refractivity contribution in [3.63, 3.8) is 0 Å². The highest BCUT2D eigenvalue weighted by atomic mass is 16.5. The molecule has 0 heterocycles. The number of fused-ring (bicyclic) bond motifs is 5. The average Bonchev–Trinajstić information content (AvgIpc) is 3.05. The summed E-state index contributed by atoms with van der Waals surface area (Å²) in [7, 11) is 1.55. The summed E-state index contributed by atoms with van der Waals surface area (Å²) >= 11 is 0. The van der Waals surface area contributed by atoms with E-state index in [1.54, 1.807) is 19.2 Å². The Morgan fingerprint density at radius 1 is 1.24 bits per heavy atom. The molecule has 3 aliphatic rings. The van der Waals surface area contributed by atoms with E-state index in [4.69, 9.17) is 14.9 Å². The van der Waals surface area contributed by atoms with Crippen LogP contribution in [0.3, 0.4) is 0 Å². The van der Waals surface area contributed by atoms with Gasteiger partial charge < -0.3 is 25.1 Å². The van der Waals surface area contributed by atoms with Crippen LogP contribution >= 0.6 is 0 Å². The molecular formula is C27H30N2O4. The molecule has 0 amide bonds. The van der Waals surface area contributed by atoms with Crippen molar-refractivity contribution in [2.24, 2.45) is 17.3 Å². The zero-order valence-electron chi connectivity index (χ0n) is 19.0. The molecule has 6 atom stereocenters. The Balaban J connectivity index is 1.52. The van der Waals surface area contributed by atoms with Crippen molar-refractivity contribution in [3.05, 3.63) is 58.7 Å². The summed E-state index contributed by atoms with van der Waals surface area (Å²) in [4.78, 5) is 0. The highest BCUT2D eigenvalue weighted by molar-refractivity contribution is 5.88. The number of hydrogen-bond donors (Lipinski definition) is 3. The Kier molecular flexibility index (Phi) is 5.43. The van der Waals surface area contributed by atoms with E-state index in [0.29, 0.717) is 30.1 Å². The van der Waals surface area contributed by atoms with Crippen molar-refractivity contribution < 1.29 is 19.7 Å². The Labute approximate surface area is 194 Å². The third-order valence-electron chi connectivity index (χ3n) is 8.32. The molecule has 0 aliphatic heterocycles. The molecule has 3 N–H and O–H groups in total. The molecule has 6 nitrogen and oxygen atoms in total. The maximum Gasteiger partial charge on any atom is 0.160 e. The van der Waals surface area contributed by atoms with Crippen molar-refractivity contribution in [1.29, 1.82) is 10.7 Å². The number of benzene rings is 2. The number of aromatic hydroxyl groups is 1. The summed E-state index contributed by atoms with van der Waals surface area (Å²) in [5, 5.41) is 39.2. The number of ether oxygens (including phenoxy) is 2. The van der Waals surface area contributed by atoms with Crippen molar-refractivity contribution >= 4 is 5.71 Å². The third-order valence-corrected chi connectivity index (χ3v) is 8.32. The molecule has 0 bridgehead atoms. The number of nitrogens with one attached hydrogen (secondary N) is 1. The normalized spacial score (nSPS) is 32.4. The van der Waals surface area contributed by atoms with Crippen LogP contribution in [0.15, 0.2) is 36.4 Å². The van der Waals surface area contributed by atoms with Gasteiger partial charge >= 0.3 is 0 Å². The number of phenols is 1. The predicted molar refractivity (Wildman–Crippen MR) is 123 cm³/mol. The number of hydrogen-bond acceptors (Lipinski definition) is 6. The first-order chi connectivity index (χ1) is 15.9. The number of methoxy groups -OCH3 is 1. The number of aliphatic hydroxyl groups excluding tert-OH is 1. The van der Waals surface area contributed by atoms with E-state index in [-0.39, 0.29) is 35.0 Å². The van der Waals surface area contributed by atoms with E-state index >= 15 is 0 Å². The zero-order chi connectivity index (χ0) is 23.3. The van der Waals surface area contributed by atoms with Gasteiger partial charge in [-0.05, 0) is 72.1 Å². The molecule has 2 fully saturated rings. The van der Waals surface area contributed by atoms with E-state index < -0.39 is 6.10 Å². The quantitative estimate of drug-likeness (QED) is 0.623. The van der Waals surface area contributed by atoms with Crippen LogP contribution in [0.25, 0.3) is 0 Å². The fourth-order valence-corrected chi connectivity index (χ4v) is 6.67. The summed E-state index contributed by atoms with van der Waals surface area (Å²) in [6.07, 6.45) is 2.26. The van der Waals surface area contributed by atoms with Gasteiger partial charge in [-0.1, -0.05) is 19.1 Å². The molecule has 5 rings (SSSR count). The van der Waals surface area contributed by atoms with E-state index in [0.717, 1.165) is 36.0 Å². The molecule has 6 heteroatoms. The molecule has 2 saturated carbocycles. The largest absolute Gasteiger partial charge is 0.504 e. The fourth-order valence-electron chi connectivity index (χ4n) is 6.67. The molecule has 2 aromatic carbocycles. The minimum atomic E-state index is -0.472. The van der Waals surface area contributed by atoms with Crippen molar-refractivity contribution in [3.8, 4) is 17.6 Å². The van der Waals surface area contributed by atoms with Crippen molar-refractivity contribution in [1.82, 2.24) is 0 Å².